The van der Waals surface area contributed by atoms with Crippen LogP contribution in [0.1, 0.15) is 6.92 Å². The average molecular weight is 254 g/mol. The van der Waals surface area contributed by atoms with E-state index in [0.717, 1.165) is 9.13 Å². The molecule has 0 amide bonds. The van der Waals surface area contributed by atoms with Gasteiger partial charge in [-0.1, -0.05) is 5.16 Å². The highest BCUT2D eigenvalue weighted by Crippen LogP contribution is 2.04. The zero-order chi connectivity index (χ0) is 13.4. The van der Waals surface area contributed by atoms with E-state index >= 15 is 0 Å². The molecule has 1 aliphatic heterocycles. The molecule has 1 atom stereocenters. The van der Waals surface area contributed by atoms with Crippen LogP contribution in [0.5, 0.6) is 0 Å². The minimum absolute atomic E-state index is 0.0413. The standard InChI is InChI=1S/C9H14N6O3/c1-4-12-5(13-18-4)3-15-8(16)6(10)7(11)14(2)9(15)17/h4H,3,10-11H2,1-2H3,(H,12,13). The van der Waals surface area contributed by atoms with Gasteiger partial charge in [0, 0.05) is 7.05 Å². The second kappa shape index (κ2) is 4.09. The van der Waals surface area contributed by atoms with Gasteiger partial charge in [0.05, 0.1) is 6.54 Å². The molecule has 9 nitrogen and oxygen atoms in total. The number of oxime groups is 1. The fraction of sp³-hybridized carbons (Fsp3) is 0.444. The molecule has 5 N–H and O–H groups in total. The Kier molecular flexibility index (Phi) is 2.73. The molecule has 0 bridgehead atoms. The lowest BCUT2D eigenvalue weighted by Gasteiger charge is -2.11. The Morgan fingerprint density at radius 2 is 2.11 bits per heavy atom. The predicted molar refractivity (Wildman–Crippen MR) is 65.9 cm³/mol. The van der Waals surface area contributed by atoms with Gasteiger partial charge in [-0.25, -0.2) is 4.79 Å². The normalized spacial score (nSPS) is 18.1. The van der Waals surface area contributed by atoms with Crippen LogP contribution in [-0.2, 0) is 18.4 Å². The van der Waals surface area contributed by atoms with Gasteiger partial charge >= 0.3 is 5.69 Å². The van der Waals surface area contributed by atoms with Crippen molar-refractivity contribution in [1.29, 1.82) is 0 Å². The van der Waals surface area contributed by atoms with E-state index in [0.29, 0.717) is 5.84 Å². The predicted octanol–water partition coefficient (Wildman–Crippen LogP) is -2.01. The van der Waals surface area contributed by atoms with Crippen LogP contribution in [0, 0.1) is 0 Å². The van der Waals surface area contributed by atoms with Crippen LogP contribution in [0.25, 0.3) is 0 Å². The van der Waals surface area contributed by atoms with Gasteiger partial charge < -0.3 is 21.6 Å². The van der Waals surface area contributed by atoms with E-state index in [1.165, 1.54) is 7.05 Å². The van der Waals surface area contributed by atoms with Crippen LogP contribution in [0.2, 0.25) is 0 Å². The SMILES string of the molecule is CC1NC(Cn2c(=O)c(N)c(N)n(C)c2=O)=NO1. The maximum absolute atomic E-state index is 11.9. The molecule has 0 saturated heterocycles. The second-order valence-corrected chi connectivity index (χ2v) is 3.96. The number of nitrogen functional groups attached to an aromatic ring is 2. The van der Waals surface area contributed by atoms with Gasteiger partial charge in [0.1, 0.15) is 11.5 Å². The lowest BCUT2D eigenvalue weighted by atomic mass is 10.4. The third-order valence-corrected chi connectivity index (χ3v) is 2.63. The van der Waals surface area contributed by atoms with Crippen LogP contribution in [0.4, 0.5) is 11.5 Å². The molecule has 1 unspecified atom stereocenters. The van der Waals surface area contributed by atoms with E-state index < -0.39 is 11.2 Å². The van der Waals surface area contributed by atoms with Gasteiger partial charge in [0.15, 0.2) is 12.1 Å². The summed E-state index contributed by atoms with van der Waals surface area (Å²) in [5.41, 5.74) is 9.72. The number of nitrogens with one attached hydrogen (secondary N) is 1. The molecule has 1 aliphatic rings. The minimum atomic E-state index is -0.639. The number of hydrogen-bond acceptors (Lipinski definition) is 7. The molecule has 9 heteroatoms. The van der Waals surface area contributed by atoms with Crippen molar-refractivity contribution in [1.82, 2.24) is 14.5 Å². The van der Waals surface area contributed by atoms with Crippen molar-refractivity contribution in [3.63, 3.8) is 0 Å². The molecular weight excluding hydrogens is 240 g/mol. The van der Waals surface area contributed by atoms with Gasteiger partial charge in [0.25, 0.3) is 5.56 Å². The Balaban J connectivity index is 2.46. The van der Waals surface area contributed by atoms with Crippen LogP contribution in [-0.4, -0.2) is 21.2 Å². The Morgan fingerprint density at radius 3 is 2.67 bits per heavy atom. The summed E-state index contributed by atoms with van der Waals surface area (Å²) >= 11 is 0. The monoisotopic (exact) mass is 254 g/mol. The second-order valence-electron chi connectivity index (χ2n) is 3.96. The van der Waals surface area contributed by atoms with E-state index in [1.54, 1.807) is 6.92 Å². The summed E-state index contributed by atoms with van der Waals surface area (Å²) in [6.45, 7) is 1.70. The van der Waals surface area contributed by atoms with Crippen molar-refractivity contribution < 1.29 is 4.84 Å². The number of amidine groups is 1. The third-order valence-electron chi connectivity index (χ3n) is 2.63. The Bertz CT molecular complexity index is 591. The topological polar surface area (TPSA) is 130 Å². The van der Waals surface area contributed by atoms with Crippen LogP contribution < -0.4 is 28.0 Å². The van der Waals surface area contributed by atoms with Crippen molar-refractivity contribution in [2.24, 2.45) is 12.2 Å². The summed E-state index contributed by atoms with van der Waals surface area (Å²) in [7, 11) is 1.44. The Hall–Kier alpha value is -2.45. The van der Waals surface area contributed by atoms with Gasteiger partial charge in [-0.3, -0.25) is 13.9 Å². The highest BCUT2D eigenvalue weighted by Gasteiger charge is 2.18. The Morgan fingerprint density at radius 1 is 1.44 bits per heavy atom. The summed E-state index contributed by atoms with van der Waals surface area (Å²) in [6.07, 6.45) is -0.286. The quantitative estimate of drug-likeness (QED) is 0.559. The van der Waals surface area contributed by atoms with Gasteiger partial charge in [-0.15, -0.1) is 0 Å². The number of anilines is 2. The van der Waals surface area contributed by atoms with E-state index in [4.69, 9.17) is 16.3 Å². The first-order valence-corrected chi connectivity index (χ1v) is 5.25. The maximum atomic E-state index is 11.9. The first kappa shape index (κ1) is 12.0. The minimum Gasteiger partial charge on any atom is -0.391 e. The Labute approximate surface area is 102 Å². The molecule has 0 spiro atoms. The van der Waals surface area contributed by atoms with Crippen LogP contribution in [0.3, 0.4) is 0 Å². The van der Waals surface area contributed by atoms with Crippen molar-refractivity contribution in [3.8, 4) is 0 Å². The molecule has 18 heavy (non-hydrogen) atoms. The number of nitrogens with two attached hydrogens (primary N) is 2. The van der Waals surface area contributed by atoms with E-state index in [1.807, 2.05) is 0 Å². The van der Waals surface area contributed by atoms with Gasteiger partial charge in [-0.05, 0) is 6.92 Å². The maximum Gasteiger partial charge on any atom is 0.332 e. The smallest absolute Gasteiger partial charge is 0.332 e. The molecule has 2 rings (SSSR count). The highest BCUT2D eigenvalue weighted by atomic mass is 16.7. The van der Waals surface area contributed by atoms with Crippen LogP contribution in [0.15, 0.2) is 14.7 Å². The molecule has 98 valence electrons. The van der Waals surface area contributed by atoms with Crippen molar-refractivity contribution in [2.45, 2.75) is 19.7 Å². The molecule has 0 fully saturated rings. The van der Waals surface area contributed by atoms with E-state index in [2.05, 4.69) is 10.5 Å². The lowest BCUT2D eigenvalue weighted by Crippen LogP contribution is -2.44. The zero-order valence-corrected chi connectivity index (χ0v) is 10.0. The number of aromatic nitrogens is 2. The van der Waals surface area contributed by atoms with E-state index in [-0.39, 0.29) is 24.3 Å². The van der Waals surface area contributed by atoms with Gasteiger partial charge in [-0.2, -0.15) is 0 Å². The highest BCUT2D eigenvalue weighted by molar-refractivity contribution is 5.82. The number of rotatable bonds is 2. The van der Waals surface area contributed by atoms with Crippen molar-refractivity contribution in [3.05, 3.63) is 20.8 Å². The molecule has 0 aromatic carbocycles. The lowest BCUT2D eigenvalue weighted by molar-refractivity contribution is 0.0874. The van der Waals surface area contributed by atoms with Crippen molar-refractivity contribution >= 4 is 17.3 Å². The fourth-order valence-electron chi connectivity index (χ4n) is 1.60. The summed E-state index contributed by atoms with van der Waals surface area (Å²) in [4.78, 5) is 28.6. The first-order chi connectivity index (χ1) is 8.41. The molecule has 0 aliphatic carbocycles. The number of hydrogen-bond donors (Lipinski definition) is 3. The zero-order valence-electron chi connectivity index (χ0n) is 10.0. The van der Waals surface area contributed by atoms with Crippen molar-refractivity contribution in [2.75, 3.05) is 11.5 Å². The largest absolute Gasteiger partial charge is 0.391 e. The summed E-state index contributed by atoms with van der Waals surface area (Å²) < 4.78 is 2.05. The fourth-order valence-corrected chi connectivity index (χ4v) is 1.60. The number of nitrogens with zero attached hydrogens (tertiary/aromatic N) is 3. The first-order valence-electron chi connectivity index (χ1n) is 5.25. The third kappa shape index (κ3) is 1.79. The molecule has 1 aromatic rings. The average Bonchev–Trinajstić information content (AvgIpc) is 2.75. The summed E-state index contributed by atoms with van der Waals surface area (Å²) in [5, 5.41) is 6.56. The molecule has 1 aromatic heterocycles. The molecule has 0 radical (unpaired) electrons. The molecule has 2 heterocycles. The summed E-state index contributed by atoms with van der Waals surface area (Å²) in [5.74, 6) is 0.332. The molecular formula is C9H14N6O3. The van der Waals surface area contributed by atoms with Gasteiger partial charge in [0.2, 0.25) is 0 Å². The molecule has 0 saturated carbocycles. The van der Waals surface area contributed by atoms with Crippen LogP contribution >= 0.6 is 0 Å². The van der Waals surface area contributed by atoms with E-state index in [9.17, 15) is 9.59 Å². The summed E-state index contributed by atoms with van der Waals surface area (Å²) in [6, 6.07) is 0.